The van der Waals surface area contributed by atoms with Gasteiger partial charge in [-0.3, -0.25) is 19.3 Å². The van der Waals surface area contributed by atoms with Gasteiger partial charge in [0.2, 0.25) is 0 Å². The van der Waals surface area contributed by atoms with Crippen molar-refractivity contribution >= 4 is 52.2 Å². The minimum atomic E-state index is -0.937. The number of carboxylic acids is 2. The average molecular weight is 395 g/mol. The maximum absolute atomic E-state index is 12.4. The van der Waals surface area contributed by atoms with Crippen LogP contribution >= 0.6 is 24.0 Å². The fourth-order valence-corrected chi connectivity index (χ4v) is 3.49. The standard InChI is InChI=1S/C17H17NO6S2/c19-14(20)5-2-7-18-16(23)13(26-17(18)25)10-11-3-1-4-12(9-11)24-8-6-15(21)22/h1,3-4,9-10H,2,5-8H2,(H,19,20)(H,21,22)/b13-10-. The van der Waals surface area contributed by atoms with E-state index >= 15 is 0 Å². The molecule has 1 aliphatic rings. The number of amides is 1. The first-order chi connectivity index (χ1) is 12.4. The van der Waals surface area contributed by atoms with E-state index in [9.17, 15) is 14.4 Å². The number of ether oxygens (including phenoxy) is 1. The van der Waals surface area contributed by atoms with Crippen LogP contribution in [0.2, 0.25) is 0 Å². The number of aliphatic carboxylic acids is 2. The third-order valence-electron chi connectivity index (χ3n) is 3.39. The molecule has 1 heterocycles. The highest BCUT2D eigenvalue weighted by atomic mass is 32.2. The molecule has 0 unspecified atom stereocenters. The third-order valence-corrected chi connectivity index (χ3v) is 4.76. The number of benzene rings is 1. The highest BCUT2D eigenvalue weighted by Gasteiger charge is 2.31. The average Bonchev–Trinajstić information content (AvgIpc) is 2.82. The number of thiocarbonyl (C=S) groups is 1. The molecule has 0 aliphatic carbocycles. The van der Waals surface area contributed by atoms with Gasteiger partial charge < -0.3 is 14.9 Å². The lowest BCUT2D eigenvalue weighted by molar-refractivity contribution is -0.138. The van der Waals surface area contributed by atoms with E-state index in [1.807, 2.05) is 0 Å². The molecule has 1 aromatic rings. The van der Waals surface area contributed by atoms with Gasteiger partial charge in [-0.1, -0.05) is 36.1 Å². The quantitative estimate of drug-likeness (QED) is 0.486. The van der Waals surface area contributed by atoms with E-state index in [0.717, 1.165) is 5.56 Å². The van der Waals surface area contributed by atoms with Crippen LogP contribution in [0, 0.1) is 0 Å². The zero-order valence-electron chi connectivity index (χ0n) is 13.7. The first-order valence-electron chi connectivity index (χ1n) is 7.78. The van der Waals surface area contributed by atoms with Gasteiger partial charge in [0.05, 0.1) is 17.9 Å². The van der Waals surface area contributed by atoms with E-state index in [2.05, 4.69) is 0 Å². The van der Waals surface area contributed by atoms with E-state index < -0.39 is 11.9 Å². The lowest BCUT2D eigenvalue weighted by Crippen LogP contribution is -2.29. The minimum absolute atomic E-state index is 0.0220. The van der Waals surface area contributed by atoms with Gasteiger partial charge in [-0.2, -0.15) is 0 Å². The second-order valence-electron chi connectivity index (χ2n) is 5.40. The number of rotatable bonds is 9. The Kier molecular flexibility index (Phi) is 7.16. The zero-order chi connectivity index (χ0) is 19.1. The number of hydrogen-bond acceptors (Lipinski definition) is 6. The normalized spacial score (nSPS) is 15.5. The van der Waals surface area contributed by atoms with Crippen molar-refractivity contribution in [2.75, 3.05) is 13.2 Å². The fraction of sp³-hybridized carbons (Fsp3) is 0.294. The number of thioether (sulfide) groups is 1. The van der Waals surface area contributed by atoms with Crippen LogP contribution in [0.4, 0.5) is 0 Å². The van der Waals surface area contributed by atoms with Crippen LogP contribution in [0.25, 0.3) is 6.08 Å². The summed E-state index contributed by atoms with van der Waals surface area (Å²) in [6.07, 6.45) is 1.90. The van der Waals surface area contributed by atoms with Gasteiger partial charge >= 0.3 is 11.9 Å². The number of carbonyl (C=O) groups excluding carboxylic acids is 1. The van der Waals surface area contributed by atoms with Crippen molar-refractivity contribution in [3.05, 3.63) is 34.7 Å². The second-order valence-corrected chi connectivity index (χ2v) is 7.07. The van der Waals surface area contributed by atoms with E-state index in [4.69, 9.17) is 27.2 Å². The highest BCUT2D eigenvalue weighted by molar-refractivity contribution is 8.26. The largest absolute Gasteiger partial charge is 0.493 e. The van der Waals surface area contributed by atoms with Gasteiger partial charge in [-0.05, 0) is 30.2 Å². The summed E-state index contributed by atoms with van der Waals surface area (Å²) < 4.78 is 5.78. The van der Waals surface area contributed by atoms with Crippen LogP contribution in [0.3, 0.4) is 0 Å². The maximum Gasteiger partial charge on any atom is 0.306 e. The first kappa shape index (κ1) is 19.9. The van der Waals surface area contributed by atoms with Crippen molar-refractivity contribution < 1.29 is 29.3 Å². The molecular formula is C17H17NO6S2. The molecule has 2 N–H and O–H groups in total. The van der Waals surface area contributed by atoms with Crippen molar-refractivity contribution in [2.45, 2.75) is 19.3 Å². The predicted molar refractivity (Wildman–Crippen MR) is 101 cm³/mol. The minimum Gasteiger partial charge on any atom is -0.493 e. The van der Waals surface area contributed by atoms with Gasteiger partial charge in [0.1, 0.15) is 10.1 Å². The Morgan fingerprint density at radius 3 is 2.65 bits per heavy atom. The van der Waals surface area contributed by atoms with Crippen LogP contribution in [0.1, 0.15) is 24.8 Å². The molecule has 9 heteroatoms. The molecule has 1 aromatic carbocycles. The lowest BCUT2D eigenvalue weighted by atomic mass is 10.2. The van der Waals surface area contributed by atoms with Gasteiger partial charge in [0, 0.05) is 13.0 Å². The summed E-state index contributed by atoms with van der Waals surface area (Å²) in [5.41, 5.74) is 0.726. The van der Waals surface area contributed by atoms with Crippen molar-refractivity contribution in [3.8, 4) is 5.75 Å². The van der Waals surface area contributed by atoms with Gasteiger partial charge in [0.25, 0.3) is 5.91 Å². The van der Waals surface area contributed by atoms with Crippen molar-refractivity contribution in [2.24, 2.45) is 0 Å². The summed E-state index contributed by atoms with van der Waals surface area (Å²) in [4.78, 5) is 35.4. The molecule has 0 atom stereocenters. The maximum atomic E-state index is 12.4. The number of carboxylic acid groups (broad SMARTS) is 2. The Balaban J connectivity index is 2.02. The molecule has 2 rings (SSSR count). The summed E-state index contributed by atoms with van der Waals surface area (Å²) in [5.74, 6) is -1.59. The van der Waals surface area contributed by atoms with Gasteiger partial charge in [-0.15, -0.1) is 0 Å². The summed E-state index contributed by atoms with van der Waals surface area (Å²) in [6, 6.07) is 6.95. The van der Waals surface area contributed by atoms with Crippen molar-refractivity contribution in [1.82, 2.24) is 4.90 Å². The molecule has 0 saturated carbocycles. The van der Waals surface area contributed by atoms with Crippen LogP contribution < -0.4 is 4.74 Å². The summed E-state index contributed by atoms with van der Waals surface area (Å²) in [6.45, 7) is 0.330. The monoisotopic (exact) mass is 395 g/mol. The number of carbonyl (C=O) groups is 3. The Labute approximate surface area is 159 Å². The van der Waals surface area contributed by atoms with Crippen molar-refractivity contribution in [1.29, 1.82) is 0 Å². The topological polar surface area (TPSA) is 104 Å². The Bertz CT molecular complexity index is 761. The summed E-state index contributed by atoms with van der Waals surface area (Å²) in [5, 5.41) is 17.3. The van der Waals surface area contributed by atoms with Crippen LogP contribution in [0.15, 0.2) is 29.2 Å². The molecule has 0 spiro atoms. The second kappa shape index (κ2) is 9.35. The summed E-state index contributed by atoms with van der Waals surface area (Å²) >= 11 is 6.36. The molecule has 1 amide bonds. The smallest absolute Gasteiger partial charge is 0.306 e. The number of hydrogen-bond donors (Lipinski definition) is 2. The fourth-order valence-electron chi connectivity index (χ4n) is 2.18. The van der Waals surface area contributed by atoms with Gasteiger partial charge in [0.15, 0.2) is 0 Å². The molecule has 26 heavy (non-hydrogen) atoms. The SMILES string of the molecule is O=C(O)CCCN1C(=O)/C(=C/c2cccc(OCCC(=O)O)c2)SC1=S. The molecule has 1 aliphatic heterocycles. The highest BCUT2D eigenvalue weighted by Crippen LogP contribution is 2.33. The van der Waals surface area contributed by atoms with Gasteiger partial charge in [-0.25, -0.2) is 0 Å². The Morgan fingerprint density at radius 2 is 1.96 bits per heavy atom. The molecule has 138 valence electrons. The zero-order valence-corrected chi connectivity index (χ0v) is 15.3. The Morgan fingerprint density at radius 1 is 1.23 bits per heavy atom. The van der Waals surface area contributed by atoms with Crippen LogP contribution in [-0.2, 0) is 14.4 Å². The van der Waals surface area contributed by atoms with E-state index in [1.165, 1.54) is 16.7 Å². The van der Waals surface area contributed by atoms with E-state index in [0.29, 0.717) is 21.4 Å². The molecule has 1 fully saturated rings. The molecule has 0 bridgehead atoms. The molecule has 1 saturated heterocycles. The molecule has 7 nitrogen and oxygen atoms in total. The molecule has 0 aromatic heterocycles. The summed E-state index contributed by atoms with van der Waals surface area (Å²) in [7, 11) is 0. The lowest BCUT2D eigenvalue weighted by Gasteiger charge is -2.13. The number of nitrogens with zero attached hydrogens (tertiary/aromatic N) is 1. The van der Waals surface area contributed by atoms with Crippen LogP contribution in [0.5, 0.6) is 5.75 Å². The Hall–Kier alpha value is -2.39. The van der Waals surface area contributed by atoms with Crippen molar-refractivity contribution in [3.63, 3.8) is 0 Å². The van der Waals surface area contributed by atoms with E-state index in [1.54, 1.807) is 30.3 Å². The van der Waals surface area contributed by atoms with E-state index in [-0.39, 0.29) is 31.9 Å². The predicted octanol–water partition coefficient (Wildman–Crippen LogP) is 2.61. The molecule has 0 radical (unpaired) electrons. The molecular weight excluding hydrogens is 378 g/mol. The van der Waals surface area contributed by atoms with Crippen LogP contribution in [-0.4, -0.2) is 50.4 Å². The third kappa shape index (κ3) is 5.85. The first-order valence-corrected chi connectivity index (χ1v) is 9.01.